The first-order valence-electron chi connectivity index (χ1n) is 4.54. The molecular weight excluding hydrogens is 228 g/mol. The number of primary sulfonamides is 1. The lowest BCUT2D eigenvalue weighted by atomic mass is 10.1. The Morgan fingerprint density at radius 2 is 1.88 bits per heavy atom. The Bertz CT molecular complexity index is 602. The number of nitrogens with zero attached hydrogens (tertiary/aromatic N) is 1. The summed E-state index contributed by atoms with van der Waals surface area (Å²) < 4.78 is 27.5. The van der Waals surface area contributed by atoms with Crippen molar-refractivity contribution in [1.29, 1.82) is 0 Å². The topological polar surface area (TPSA) is 86.2 Å². The molecule has 0 spiro atoms. The van der Waals surface area contributed by atoms with Crippen LogP contribution in [-0.2, 0) is 10.0 Å². The number of hydrogen-bond acceptors (Lipinski definition) is 4. The number of aryl methyl sites for hydroxylation is 1. The number of rotatable bonds is 2. The fourth-order valence-electron chi connectivity index (χ4n) is 1.48. The van der Waals surface area contributed by atoms with Crippen LogP contribution in [0.25, 0.3) is 11.1 Å². The Hall–Kier alpha value is -1.66. The molecule has 0 aliphatic carbocycles. The highest BCUT2D eigenvalue weighted by Gasteiger charge is 2.23. The van der Waals surface area contributed by atoms with Crippen molar-refractivity contribution in [3.8, 4) is 11.1 Å². The standard InChI is InChI=1S/C10H10N2O3S/c1-7-9(8-5-3-2-4-6-8)10(12-15-7)16(11,13)14/h2-6H,1H3,(H2,11,13,14). The lowest BCUT2D eigenvalue weighted by Crippen LogP contribution is -2.13. The van der Waals surface area contributed by atoms with Gasteiger partial charge in [0, 0.05) is 0 Å². The van der Waals surface area contributed by atoms with Crippen molar-refractivity contribution < 1.29 is 12.9 Å². The van der Waals surface area contributed by atoms with Crippen LogP contribution in [0.1, 0.15) is 5.76 Å². The highest BCUT2D eigenvalue weighted by atomic mass is 32.2. The van der Waals surface area contributed by atoms with Gasteiger partial charge in [0.2, 0.25) is 5.03 Å². The third-order valence-electron chi connectivity index (χ3n) is 2.16. The van der Waals surface area contributed by atoms with Crippen molar-refractivity contribution in [2.75, 3.05) is 0 Å². The maximum absolute atomic E-state index is 11.3. The summed E-state index contributed by atoms with van der Waals surface area (Å²) in [6.45, 7) is 1.64. The van der Waals surface area contributed by atoms with E-state index in [9.17, 15) is 8.42 Å². The van der Waals surface area contributed by atoms with Crippen LogP contribution in [0.2, 0.25) is 0 Å². The van der Waals surface area contributed by atoms with E-state index < -0.39 is 10.0 Å². The maximum Gasteiger partial charge on any atom is 0.259 e. The molecule has 0 aliphatic rings. The quantitative estimate of drug-likeness (QED) is 0.854. The van der Waals surface area contributed by atoms with E-state index in [0.29, 0.717) is 16.9 Å². The van der Waals surface area contributed by atoms with Gasteiger partial charge in [-0.05, 0) is 12.5 Å². The van der Waals surface area contributed by atoms with Gasteiger partial charge in [-0.1, -0.05) is 35.5 Å². The van der Waals surface area contributed by atoms with Crippen molar-refractivity contribution in [3.63, 3.8) is 0 Å². The zero-order chi connectivity index (χ0) is 11.8. The minimum Gasteiger partial charge on any atom is -0.360 e. The minimum absolute atomic E-state index is 0.226. The highest BCUT2D eigenvalue weighted by molar-refractivity contribution is 7.89. The van der Waals surface area contributed by atoms with Crippen molar-refractivity contribution in [2.24, 2.45) is 5.14 Å². The van der Waals surface area contributed by atoms with Crippen LogP contribution >= 0.6 is 0 Å². The molecule has 0 atom stereocenters. The van der Waals surface area contributed by atoms with Gasteiger partial charge < -0.3 is 4.52 Å². The lowest BCUT2D eigenvalue weighted by molar-refractivity contribution is 0.381. The predicted molar refractivity (Wildman–Crippen MR) is 58.0 cm³/mol. The first-order valence-corrected chi connectivity index (χ1v) is 6.09. The summed E-state index contributed by atoms with van der Waals surface area (Å²) >= 11 is 0. The fraction of sp³-hybridized carbons (Fsp3) is 0.100. The number of hydrogen-bond donors (Lipinski definition) is 1. The molecule has 1 aromatic heterocycles. The minimum atomic E-state index is -3.87. The molecule has 0 fully saturated rings. The van der Waals surface area contributed by atoms with Crippen LogP contribution in [0.15, 0.2) is 39.9 Å². The average molecular weight is 238 g/mol. The van der Waals surface area contributed by atoms with Gasteiger partial charge >= 0.3 is 0 Å². The van der Waals surface area contributed by atoms with Gasteiger partial charge in [0.05, 0.1) is 5.56 Å². The lowest BCUT2D eigenvalue weighted by Gasteiger charge is -2.00. The Balaban J connectivity index is 2.71. The van der Waals surface area contributed by atoms with E-state index in [0.717, 1.165) is 0 Å². The van der Waals surface area contributed by atoms with Crippen molar-refractivity contribution in [3.05, 3.63) is 36.1 Å². The zero-order valence-corrected chi connectivity index (χ0v) is 9.36. The summed E-state index contributed by atoms with van der Waals surface area (Å²) in [7, 11) is -3.87. The molecule has 1 heterocycles. The monoisotopic (exact) mass is 238 g/mol. The van der Waals surface area contributed by atoms with Crippen LogP contribution in [0, 0.1) is 6.92 Å². The number of nitrogens with two attached hydrogens (primary N) is 1. The first kappa shape index (κ1) is 10.8. The fourth-order valence-corrected chi connectivity index (χ4v) is 2.16. The molecule has 0 saturated carbocycles. The zero-order valence-electron chi connectivity index (χ0n) is 8.54. The molecule has 0 bridgehead atoms. The smallest absolute Gasteiger partial charge is 0.259 e. The molecule has 2 N–H and O–H groups in total. The molecular formula is C10H10N2O3S. The van der Waals surface area contributed by atoms with E-state index in [1.165, 1.54) is 0 Å². The summed E-state index contributed by atoms with van der Waals surface area (Å²) in [4.78, 5) is 0. The predicted octanol–water partition coefficient (Wildman–Crippen LogP) is 1.30. The maximum atomic E-state index is 11.3. The summed E-state index contributed by atoms with van der Waals surface area (Å²) in [5, 5.41) is 8.31. The van der Waals surface area contributed by atoms with Crippen molar-refractivity contribution >= 4 is 10.0 Å². The Labute approximate surface area is 92.9 Å². The van der Waals surface area contributed by atoms with E-state index in [4.69, 9.17) is 9.66 Å². The normalized spacial score (nSPS) is 11.6. The molecule has 84 valence electrons. The summed E-state index contributed by atoms with van der Waals surface area (Å²) in [6, 6.07) is 8.98. The van der Waals surface area contributed by atoms with Gasteiger partial charge in [0.25, 0.3) is 10.0 Å². The van der Waals surface area contributed by atoms with Crippen molar-refractivity contribution in [2.45, 2.75) is 11.9 Å². The van der Waals surface area contributed by atoms with Crippen LogP contribution in [0.4, 0.5) is 0 Å². The van der Waals surface area contributed by atoms with Crippen LogP contribution < -0.4 is 5.14 Å². The van der Waals surface area contributed by atoms with Gasteiger partial charge in [0.1, 0.15) is 5.76 Å². The molecule has 6 heteroatoms. The van der Waals surface area contributed by atoms with Crippen LogP contribution in [0.3, 0.4) is 0 Å². The second kappa shape index (κ2) is 3.73. The second-order valence-electron chi connectivity index (χ2n) is 3.33. The molecule has 0 unspecified atom stereocenters. The molecule has 2 aromatic rings. The summed E-state index contributed by atoms with van der Waals surface area (Å²) in [5.74, 6) is 0.426. The van der Waals surface area contributed by atoms with Gasteiger partial charge in [-0.3, -0.25) is 0 Å². The van der Waals surface area contributed by atoms with Gasteiger partial charge in [0.15, 0.2) is 0 Å². The third-order valence-corrected chi connectivity index (χ3v) is 2.98. The van der Waals surface area contributed by atoms with Crippen molar-refractivity contribution in [1.82, 2.24) is 5.16 Å². The molecule has 0 aliphatic heterocycles. The molecule has 0 saturated heterocycles. The van der Waals surface area contributed by atoms with Gasteiger partial charge in [-0.15, -0.1) is 0 Å². The SMILES string of the molecule is Cc1onc(S(N)(=O)=O)c1-c1ccccc1. The molecule has 0 amide bonds. The second-order valence-corrected chi connectivity index (χ2v) is 4.81. The Kier molecular flexibility index (Phi) is 2.53. The van der Waals surface area contributed by atoms with E-state index in [-0.39, 0.29) is 5.03 Å². The molecule has 0 radical (unpaired) electrons. The summed E-state index contributed by atoms with van der Waals surface area (Å²) in [5.41, 5.74) is 1.13. The van der Waals surface area contributed by atoms with Crippen LogP contribution in [-0.4, -0.2) is 13.6 Å². The van der Waals surface area contributed by atoms with E-state index >= 15 is 0 Å². The van der Waals surface area contributed by atoms with Gasteiger partial charge in [-0.25, -0.2) is 13.6 Å². The number of sulfonamides is 1. The largest absolute Gasteiger partial charge is 0.360 e. The number of aromatic nitrogens is 1. The van der Waals surface area contributed by atoms with E-state index in [1.807, 2.05) is 6.07 Å². The van der Waals surface area contributed by atoms with E-state index in [2.05, 4.69) is 5.16 Å². The highest BCUT2D eigenvalue weighted by Crippen LogP contribution is 2.29. The number of benzene rings is 1. The molecule has 5 nitrogen and oxygen atoms in total. The molecule has 2 rings (SSSR count). The van der Waals surface area contributed by atoms with Gasteiger partial charge in [-0.2, -0.15) is 0 Å². The average Bonchev–Trinajstić information content (AvgIpc) is 2.61. The third kappa shape index (κ3) is 1.84. The first-order chi connectivity index (χ1) is 7.50. The Morgan fingerprint density at radius 3 is 2.44 bits per heavy atom. The Morgan fingerprint density at radius 1 is 1.25 bits per heavy atom. The molecule has 16 heavy (non-hydrogen) atoms. The van der Waals surface area contributed by atoms with Crippen LogP contribution in [0.5, 0.6) is 0 Å². The molecule has 1 aromatic carbocycles. The van der Waals surface area contributed by atoms with E-state index in [1.54, 1.807) is 31.2 Å². The summed E-state index contributed by atoms with van der Waals surface area (Å²) in [6.07, 6.45) is 0.